The van der Waals surface area contributed by atoms with Crippen LogP contribution in [-0.2, 0) is 4.76 Å². The zero-order chi connectivity index (χ0) is 3.54. The normalized spacial score (nSPS) is 17.6. The first-order valence-corrected chi connectivity index (χ1v) is 1.40. The van der Waals surface area contributed by atoms with Gasteiger partial charge in [-0.3, -0.25) is 5.48 Å². The van der Waals surface area contributed by atoms with Crippen LogP contribution in [-0.4, -0.2) is 7.48 Å². The lowest BCUT2D eigenvalue weighted by molar-refractivity contribution is 0.274. The van der Waals surface area contributed by atoms with Crippen LogP contribution in [0, 0.1) is 0 Å². The minimum Gasteiger partial charge on any atom is -0.341 e. The maximum Gasteiger partial charge on any atom is 0.364 e. The van der Waals surface area contributed by atoms with Gasteiger partial charge in [-0.15, -0.1) is 0 Å². The van der Waals surface area contributed by atoms with Crippen LogP contribution >= 0.6 is 0 Å². The topological polar surface area (TPSA) is 21.3 Å². The number of rotatable bonds is 0. The molecule has 0 aliphatic carbocycles. The van der Waals surface area contributed by atoms with E-state index in [-0.39, 0.29) is 0 Å². The largest absolute Gasteiger partial charge is 0.364 e. The predicted octanol–water partition coefficient (Wildman–Crippen LogP) is -0.388. The molecular formula is C2H3BNO. The summed E-state index contributed by atoms with van der Waals surface area (Å²) in [5.41, 5.74) is 2.49. The van der Waals surface area contributed by atoms with Crippen molar-refractivity contribution in [3.8, 4) is 0 Å². The second-order valence-electron chi connectivity index (χ2n) is 0.731. The van der Waals surface area contributed by atoms with Crippen LogP contribution in [0.4, 0.5) is 0 Å². The Hall–Kier alpha value is -0.435. The monoisotopic (exact) mass is 68.0 g/mol. The van der Waals surface area contributed by atoms with Crippen molar-refractivity contribution in [2.75, 3.05) is 0 Å². The van der Waals surface area contributed by atoms with Crippen molar-refractivity contribution >= 4 is 7.48 Å². The lowest BCUT2D eigenvalue weighted by Crippen LogP contribution is -1.98. The van der Waals surface area contributed by atoms with Crippen LogP contribution in [0.25, 0.3) is 0 Å². The van der Waals surface area contributed by atoms with Gasteiger partial charge in [0.25, 0.3) is 0 Å². The van der Waals surface area contributed by atoms with E-state index in [0.717, 1.165) is 0 Å². The van der Waals surface area contributed by atoms with Crippen LogP contribution in [0.1, 0.15) is 0 Å². The zero-order valence-corrected chi connectivity index (χ0v) is 2.64. The fourth-order valence-corrected chi connectivity index (χ4v) is 0.196. The Bertz CT molecular complexity index is 47.6. The highest BCUT2D eigenvalue weighted by Crippen LogP contribution is 1.73. The molecule has 2 nitrogen and oxygen atoms in total. The molecule has 0 aromatic carbocycles. The zero-order valence-electron chi connectivity index (χ0n) is 2.64. The fourth-order valence-electron chi connectivity index (χ4n) is 0.196. The van der Waals surface area contributed by atoms with Crippen LogP contribution in [0.5, 0.6) is 0 Å². The van der Waals surface area contributed by atoms with E-state index in [4.69, 9.17) is 0 Å². The van der Waals surface area contributed by atoms with Gasteiger partial charge >= 0.3 is 7.48 Å². The lowest BCUT2D eigenvalue weighted by Gasteiger charge is -1.82. The van der Waals surface area contributed by atoms with Gasteiger partial charge in [0, 0.05) is 6.20 Å². The smallest absolute Gasteiger partial charge is 0.341 e. The molecule has 0 unspecified atom stereocenters. The van der Waals surface area contributed by atoms with E-state index in [1.807, 2.05) is 0 Å². The average Bonchev–Trinajstić information content (AvgIpc) is 1.76. The Morgan fingerprint density at radius 3 is 3.00 bits per heavy atom. The first-order valence-electron chi connectivity index (χ1n) is 1.40. The second-order valence-corrected chi connectivity index (χ2v) is 0.731. The first kappa shape index (κ1) is 2.78. The van der Waals surface area contributed by atoms with Crippen molar-refractivity contribution in [1.29, 1.82) is 0 Å². The molecule has 1 aliphatic heterocycles. The third kappa shape index (κ3) is 0.419. The summed E-state index contributed by atoms with van der Waals surface area (Å²) in [7, 11) is 1.57. The summed E-state index contributed by atoms with van der Waals surface area (Å²) < 4.78 is 4.46. The van der Waals surface area contributed by atoms with Crippen molar-refractivity contribution in [2.24, 2.45) is 0 Å². The van der Waals surface area contributed by atoms with E-state index in [2.05, 4.69) is 10.2 Å². The number of hydrogen-bond donors (Lipinski definition) is 1. The van der Waals surface area contributed by atoms with Crippen LogP contribution < -0.4 is 5.48 Å². The molecule has 25 valence electrons. The molecule has 0 saturated carbocycles. The highest BCUT2D eigenvalue weighted by atomic mass is 16.6. The Morgan fingerprint density at radius 1 is 1.80 bits per heavy atom. The molecule has 3 heteroatoms. The lowest BCUT2D eigenvalue weighted by atomic mass is 10.1. The Morgan fingerprint density at radius 2 is 2.80 bits per heavy atom. The summed E-state index contributed by atoms with van der Waals surface area (Å²) in [5.74, 6) is 1.78. The molecule has 0 aromatic heterocycles. The summed E-state index contributed by atoms with van der Waals surface area (Å²) in [4.78, 5) is 0. The maximum atomic E-state index is 4.46. The van der Waals surface area contributed by atoms with E-state index in [1.54, 1.807) is 19.7 Å². The molecule has 0 saturated heterocycles. The van der Waals surface area contributed by atoms with Gasteiger partial charge in [0.2, 0.25) is 0 Å². The number of nitrogens with one attached hydrogen (secondary N) is 1. The SMILES string of the molecule is [B]1C=CNO1. The highest BCUT2D eigenvalue weighted by Gasteiger charge is 1.86. The molecule has 1 rings (SSSR count). The van der Waals surface area contributed by atoms with E-state index >= 15 is 0 Å². The van der Waals surface area contributed by atoms with Gasteiger partial charge in [0.15, 0.2) is 0 Å². The first-order chi connectivity index (χ1) is 2.50. The van der Waals surface area contributed by atoms with Gasteiger partial charge in [-0.05, 0) is 0 Å². The third-order valence-corrected chi connectivity index (χ3v) is 0.379. The standard InChI is InChI=1S/C2H3BNO/c1-2-4-5-3-1/h1-2,4H. The fraction of sp³-hybridized carbons (Fsp3) is 0. The molecule has 0 bridgehead atoms. The van der Waals surface area contributed by atoms with Crippen LogP contribution in [0.2, 0.25) is 0 Å². The molecule has 1 N–H and O–H groups in total. The quantitative estimate of drug-likeness (QED) is 0.390. The summed E-state index contributed by atoms with van der Waals surface area (Å²) in [6, 6.07) is 0. The molecule has 0 spiro atoms. The van der Waals surface area contributed by atoms with Gasteiger partial charge < -0.3 is 4.76 Å². The summed E-state index contributed by atoms with van der Waals surface area (Å²) in [6.45, 7) is 0. The molecule has 1 radical (unpaired) electrons. The minimum atomic E-state index is 1.57. The van der Waals surface area contributed by atoms with Crippen molar-refractivity contribution in [3.05, 3.63) is 12.2 Å². The average molecular weight is 67.9 g/mol. The molecule has 0 atom stereocenters. The van der Waals surface area contributed by atoms with Crippen LogP contribution in [0.3, 0.4) is 0 Å². The Kier molecular flexibility index (Phi) is 0.627. The molecule has 0 aromatic rings. The number of hydroxylamine groups is 1. The Balaban J connectivity index is 2.32. The van der Waals surface area contributed by atoms with Crippen molar-refractivity contribution in [3.63, 3.8) is 0 Å². The maximum absolute atomic E-state index is 4.46. The van der Waals surface area contributed by atoms with Crippen molar-refractivity contribution in [2.45, 2.75) is 0 Å². The van der Waals surface area contributed by atoms with E-state index < -0.39 is 0 Å². The van der Waals surface area contributed by atoms with E-state index in [9.17, 15) is 0 Å². The molecule has 1 heterocycles. The van der Waals surface area contributed by atoms with Crippen LogP contribution in [0.15, 0.2) is 12.2 Å². The molecule has 0 amide bonds. The summed E-state index contributed by atoms with van der Waals surface area (Å²) >= 11 is 0. The highest BCUT2D eigenvalue weighted by molar-refractivity contribution is 6.34. The molecule has 1 aliphatic rings. The van der Waals surface area contributed by atoms with Gasteiger partial charge in [-0.2, -0.15) is 0 Å². The summed E-state index contributed by atoms with van der Waals surface area (Å²) in [5, 5.41) is 0. The van der Waals surface area contributed by atoms with Gasteiger partial charge in [0.05, 0.1) is 0 Å². The van der Waals surface area contributed by atoms with Crippen molar-refractivity contribution in [1.82, 2.24) is 5.48 Å². The number of hydrogen-bond acceptors (Lipinski definition) is 2. The van der Waals surface area contributed by atoms with Gasteiger partial charge in [0.1, 0.15) is 0 Å². The van der Waals surface area contributed by atoms with E-state index in [1.165, 1.54) is 0 Å². The van der Waals surface area contributed by atoms with E-state index in [0.29, 0.717) is 0 Å². The molecule has 5 heavy (non-hydrogen) atoms. The Labute approximate surface area is 31.0 Å². The molecule has 0 fully saturated rings. The third-order valence-electron chi connectivity index (χ3n) is 0.379. The van der Waals surface area contributed by atoms with Gasteiger partial charge in [-0.25, -0.2) is 0 Å². The van der Waals surface area contributed by atoms with Gasteiger partial charge in [-0.1, -0.05) is 5.98 Å². The predicted molar refractivity (Wildman–Crippen MR) is 19.1 cm³/mol. The molecular weight excluding hydrogens is 64.8 g/mol. The van der Waals surface area contributed by atoms with Crippen molar-refractivity contribution < 1.29 is 4.76 Å². The minimum absolute atomic E-state index is 1.57. The summed E-state index contributed by atoms with van der Waals surface area (Å²) in [6.07, 6.45) is 1.71. The second kappa shape index (κ2) is 1.13.